The van der Waals surface area contributed by atoms with Crippen LogP contribution in [0.3, 0.4) is 0 Å². The van der Waals surface area contributed by atoms with Crippen LogP contribution in [0.4, 0.5) is 0 Å². The highest BCUT2D eigenvalue weighted by molar-refractivity contribution is 7.90. The number of halogens is 1. The van der Waals surface area contributed by atoms with E-state index in [4.69, 9.17) is 11.6 Å². The minimum absolute atomic E-state index is 0.182. The standard InChI is InChI=1S/C11H11ClN2O3S/c12-5-6-13-11(15)7-9-8-3-1-2-4-10(8)18(16,17)14-9/h1-4,7,14H,5-6H2,(H,13,15). The van der Waals surface area contributed by atoms with E-state index in [2.05, 4.69) is 10.0 Å². The molecule has 0 spiro atoms. The topological polar surface area (TPSA) is 75.3 Å². The van der Waals surface area contributed by atoms with Crippen molar-refractivity contribution in [3.05, 3.63) is 35.9 Å². The van der Waals surface area contributed by atoms with Gasteiger partial charge in [-0.05, 0) is 6.07 Å². The van der Waals surface area contributed by atoms with E-state index in [0.717, 1.165) is 0 Å². The molecule has 1 amide bonds. The first-order chi connectivity index (χ1) is 8.54. The number of carbonyl (C=O) groups excluding carboxylic acids is 1. The van der Waals surface area contributed by atoms with Crippen LogP contribution < -0.4 is 10.0 Å². The molecule has 7 heteroatoms. The predicted molar refractivity (Wildman–Crippen MR) is 68.5 cm³/mol. The zero-order valence-electron chi connectivity index (χ0n) is 9.31. The molecule has 1 heterocycles. The minimum Gasteiger partial charge on any atom is -0.351 e. The van der Waals surface area contributed by atoms with Crippen LogP contribution >= 0.6 is 11.6 Å². The Hall–Kier alpha value is -1.53. The van der Waals surface area contributed by atoms with E-state index in [-0.39, 0.29) is 16.5 Å². The average molecular weight is 287 g/mol. The number of alkyl halides is 1. The van der Waals surface area contributed by atoms with Crippen molar-refractivity contribution in [3.8, 4) is 0 Å². The third-order valence-corrected chi connectivity index (χ3v) is 3.99. The van der Waals surface area contributed by atoms with Crippen LogP contribution in [0.15, 0.2) is 35.2 Å². The van der Waals surface area contributed by atoms with E-state index in [1.54, 1.807) is 18.2 Å². The summed E-state index contributed by atoms with van der Waals surface area (Å²) < 4.78 is 25.9. The van der Waals surface area contributed by atoms with Crippen molar-refractivity contribution in [1.29, 1.82) is 0 Å². The molecule has 0 bridgehead atoms. The zero-order chi connectivity index (χ0) is 13.2. The van der Waals surface area contributed by atoms with Gasteiger partial charge in [0.1, 0.15) is 0 Å². The number of rotatable bonds is 3. The zero-order valence-corrected chi connectivity index (χ0v) is 10.9. The van der Waals surface area contributed by atoms with Crippen LogP contribution in [-0.2, 0) is 14.8 Å². The molecule has 0 aromatic heterocycles. The van der Waals surface area contributed by atoms with Crippen LogP contribution in [0.2, 0.25) is 0 Å². The van der Waals surface area contributed by atoms with Crippen molar-refractivity contribution in [2.24, 2.45) is 0 Å². The fourth-order valence-corrected chi connectivity index (χ4v) is 3.03. The van der Waals surface area contributed by atoms with Crippen LogP contribution in [0.5, 0.6) is 0 Å². The number of nitrogens with one attached hydrogen (secondary N) is 2. The molecule has 0 atom stereocenters. The van der Waals surface area contributed by atoms with Gasteiger partial charge in [0.25, 0.3) is 10.0 Å². The molecule has 1 aromatic rings. The van der Waals surface area contributed by atoms with E-state index < -0.39 is 10.0 Å². The summed E-state index contributed by atoms with van der Waals surface area (Å²) in [6.07, 6.45) is 1.22. The van der Waals surface area contributed by atoms with Crippen molar-refractivity contribution in [2.75, 3.05) is 12.4 Å². The molecule has 0 fully saturated rings. The summed E-state index contributed by atoms with van der Waals surface area (Å²) in [5.41, 5.74) is 0.774. The Balaban J connectivity index is 2.33. The maximum atomic E-state index is 11.8. The lowest BCUT2D eigenvalue weighted by molar-refractivity contribution is -0.116. The van der Waals surface area contributed by atoms with Gasteiger partial charge in [0.15, 0.2) is 0 Å². The third kappa shape index (κ3) is 2.49. The second-order valence-electron chi connectivity index (χ2n) is 3.64. The number of fused-ring (bicyclic) bond motifs is 1. The third-order valence-electron chi connectivity index (χ3n) is 2.38. The second-order valence-corrected chi connectivity index (χ2v) is 5.67. The molecule has 0 saturated carbocycles. The molecule has 18 heavy (non-hydrogen) atoms. The Labute approximate surface area is 110 Å². The number of sulfonamides is 1. The van der Waals surface area contributed by atoms with E-state index in [9.17, 15) is 13.2 Å². The summed E-state index contributed by atoms with van der Waals surface area (Å²) in [6.45, 7) is 0.332. The molecular weight excluding hydrogens is 276 g/mol. The molecule has 0 radical (unpaired) electrons. The number of benzene rings is 1. The van der Waals surface area contributed by atoms with Gasteiger partial charge in [-0.25, -0.2) is 8.42 Å². The van der Waals surface area contributed by atoms with Gasteiger partial charge >= 0.3 is 0 Å². The highest BCUT2D eigenvalue weighted by Gasteiger charge is 2.29. The molecule has 5 nitrogen and oxygen atoms in total. The monoisotopic (exact) mass is 286 g/mol. The Bertz CT molecular complexity index is 610. The first kappa shape index (κ1) is 12.9. The maximum Gasteiger partial charge on any atom is 0.262 e. The smallest absolute Gasteiger partial charge is 0.262 e. The fraction of sp³-hybridized carbons (Fsp3) is 0.182. The lowest BCUT2D eigenvalue weighted by Gasteiger charge is -2.00. The number of carbonyl (C=O) groups is 1. The van der Waals surface area contributed by atoms with Crippen molar-refractivity contribution >= 4 is 33.2 Å². The summed E-state index contributed by atoms with van der Waals surface area (Å²) in [4.78, 5) is 11.7. The van der Waals surface area contributed by atoms with Gasteiger partial charge in [-0.15, -0.1) is 11.6 Å². The van der Waals surface area contributed by atoms with Crippen LogP contribution in [0.25, 0.3) is 5.70 Å². The Morgan fingerprint density at radius 1 is 1.39 bits per heavy atom. The molecule has 0 unspecified atom stereocenters. The molecular formula is C11H11ClN2O3S. The highest BCUT2D eigenvalue weighted by atomic mass is 35.5. The average Bonchev–Trinajstić information content (AvgIpc) is 2.59. The van der Waals surface area contributed by atoms with Gasteiger partial charge in [-0.2, -0.15) is 0 Å². The summed E-state index contributed by atoms with van der Waals surface area (Å²) in [5, 5.41) is 2.54. The molecule has 0 aliphatic carbocycles. The molecule has 1 aliphatic rings. The van der Waals surface area contributed by atoms with Crippen molar-refractivity contribution in [2.45, 2.75) is 4.90 Å². The van der Waals surface area contributed by atoms with E-state index >= 15 is 0 Å². The summed E-state index contributed by atoms with van der Waals surface area (Å²) in [5.74, 6) is -0.0814. The van der Waals surface area contributed by atoms with Crippen molar-refractivity contribution in [1.82, 2.24) is 10.0 Å². The van der Waals surface area contributed by atoms with Crippen LogP contribution in [0.1, 0.15) is 5.56 Å². The number of amides is 1. The highest BCUT2D eigenvalue weighted by Crippen LogP contribution is 2.29. The minimum atomic E-state index is -3.55. The van der Waals surface area contributed by atoms with Crippen LogP contribution in [0, 0.1) is 0 Å². The first-order valence-corrected chi connectivity index (χ1v) is 7.24. The fourth-order valence-electron chi connectivity index (χ4n) is 1.64. The van der Waals surface area contributed by atoms with E-state index in [1.807, 2.05) is 0 Å². The molecule has 1 aromatic carbocycles. The lowest BCUT2D eigenvalue weighted by atomic mass is 10.1. The Kier molecular flexibility index (Phi) is 3.58. The van der Waals surface area contributed by atoms with Gasteiger partial charge in [0, 0.05) is 24.1 Å². The quantitative estimate of drug-likeness (QED) is 0.634. The largest absolute Gasteiger partial charge is 0.351 e. The normalized spacial score (nSPS) is 18.2. The lowest BCUT2D eigenvalue weighted by Crippen LogP contribution is -2.24. The van der Waals surface area contributed by atoms with Gasteiger partial charge in [-0.1, -0.05) is 18.2 Å². The summed E-state index contributed by atoms with van der Waals surface area (Å²) in [6, 6.07) is 6.49. The number of hydrogen-bond donors (Lipinski definition) is 2. The molecule has 2 N–H and O–H groups in total. The maximum absolute atomic E-state index is 11.8. The SMILES string of the molecule is O=C(C=C1NS(=O)(=O)c2ccccc21)NCCCl. The van der Waals surface area contributed by atoms with Crippen molar-refractivity contribution in [3.63, 3.8) is 0 Å². The Morgan fingerprint density at radius 3 is 2.83 bits per heavy atom. The molecule has 2 rings (SSSR count). The molecule has 1 aliphatic heterocycles. The molecule has 96 valence electrons. The molecule has 0 saturated heterocycles. The van der Waals surface area contributed by atoms with E-state index in [1.165, 1.54) is 12.1 Å². The predicted octanol–water partition coefficient (Wildman–Crippen LogP) is 0.674. The van der Waals surface area contributed by atoms with Gasteiger partial charge in [0.2, 0.25) is 5.91 Å². The van der Waals surface area contributed by atoms with Gasteiger partial charge in [0.05, 0.1) is 10.6 Å². The van der Waals surface area contributed by atoms with E-state index in [0.29, 0.717) is 18.0 Å². The van der Waals surface area contributed by atoms with Crippen molar-refractivity contribution < 1.29 is 13.2 Å². The number of hydrogen-bond acceptors (Lipinski definition) is 3. The summed E-state index contributed by atoms with van der Waals surface area (Å²) >= 11 is 5.44. The summed E-state index contributed by atoms with van der Waals surface area (Å²) in [7, 11) is -3.55. The van der Waals surface area contributed by atoms with Crippen LogP contribution in [-0.4, -0.2) is 26.7 Å². The Morgan fingerprint density at radius 2 is 2.11 bits per heavy atom. The first-order valence-electron chi connectivity index (χ1n) is 5.22. The van der Waals surface area contributed by atoms with Gasteiger partial charge in [-0.3, -0.25) is 9.52 Å². The second kappa shape index (κ2) is 4.99. The van der Waals surface area contributed by atoms with Gasteiger partial charge < -0.3 is 5.32 Å².